The van der Waals surface area contributed by atoms with Gasteiger partial charge in [0.25, 0.3) is 5.69 Å². The molecule has 236 valence electrons. The number of non-ortho nitro benzene ring substituents is 1. The van der Waals surface area contributed by atoms with Crippen molar-refractivity contribution in [2.75, 3.05) is 51.0 Å². The van der Waals surface area contributed by atoms with Crippen LogP contribution in [0, 0.1) is 21.4 Å². The Hall–Kier alpha value is -4.01. The number of fused-ring (bicyclic) bond motifs is 1. The van der Waals surface area contributed by atoms with E-state index < -0.39 is 19.8 Å². The van der Waals surface area contributed by atoms with Crippen LogP contribution in [0.4, 0.5) is 27.0 Å². The minimum atomic E-state index is -2.76. The summed E-state index contributed by atoms with van der Waals surface area (Å²) in [6, 6.07) is 14.4. The maximum Gasteiger partial charge on any atom is 0.500 e. The fourth-order valence-corrected chi connectivity index (χ4v) is 7.67. The number of ether oxygens (including phenoxy) is 1. The molecule has 0 aliphatic rings. The van der Waals surface area contributed by atoms with Gasteiger partial charge in [-0.05, 0) is 57.5 Å². The number of azo groups is 1. The molecule has 0 unspecified atom stereocenters. The second kappa shape index (κ2) is 17.9. The summed E-state index contributed by atoms with van der Waals surface area (Å²) in [6.45, 7) is 8.57. The van der Waals surface area contributed by atoms with E-state index in [1.54, 1.807) is 18.2 Å². The van der Waals surface area contributed by atoms with Crippen molar-refractivity contribution in [2.45, 2.75) is 39.7 Å². The molecule has 0 bridgehead atoms. The zero-order valence-electron chi connectivity index (χ0n) is 25.1. The van der Waals surface area contributed by atoms with Gasteiger partial charge < -0.3 is 28.2 Å². The first kappa shape index (κ1) is 34.5. The molecule has 3 rings (SSSR count). The summed E-state index contributed by atoms with van der Waals surface area (Å²) in [5.74, 6) is 0. The van der Waals surface area contributed by atoms with Crippen LogP contribution >= 0.6 is 11.3 Å². The van der Waals surface area contributed by atoms with Gasteiger partial charge in [-0.25, -0.2) is 9.78 Å². The second-order valence-corrected chi connectivity index (χ2v) is 12.9. The topological polar surface area (TPSA) is 174 Å². The van der Waals surface area contributed by atoms with Gasteiger partial charge in [0.1, 0.15) is 6.61 Å². The SMILES string of the molecule is CCO[Si](CCCNC(=O)OCCN(CCC#N)c1ccc(N=Nc2nc3ccc([N+](=O)[O-])cc3s2)cc1)(OCC)OCC. The number of rotatable bonds is 19. The molecule has 0 radical (unpaired) electrons. The summed E-state index contributed by atoms with van der Waals surface area (Å²) in [7, 11) is -2.76. The van der Waals surface area contributed by atoms with E-state index in [4.69, 9.17) is 23.3 Å². The van der Waals surface area contributed by atoms with Crippen molar-refractivity contribution < 1.29 is 27.7 Å². The Balaban J connectivity index is 1.50. The van der Waals surface area contributed by atoms with Crippen molar-refractivity contribution in [1.82, 2.24) is 10.3 Å². The van der Waals surface area contributed by atoms with E-state index in [0.29, 0.717) is 79.4 Å². The van der Waals surface area contributed by atoms with Crippen molar-refractivity contribution in [3.63, 3.8) is 0 Å². The molecule has 1 aromatic heterocycles. The van der Waals surface area contributed by atoms with Crippen LogP contribution in [-0.4, -0.2) is 70.9 Å². The molecule has 0 spiro atoms. The number of hydrogen-bond acceptors (Lipinski definition) is 13. The predicted molar refractivity (Wildman–Crippen MR) is 169 cm³/mol. The smallest absolute Gasteiger partial charge is 0.448 e. The number of nitro groups is 1. The number of thiazole rings is 1. The lowest BCUT2D eigenvalue weighted by atomic mass is 10.2. The molecule has 0 saturated carbocycles. The Morgan fingerprint density at radius 1 is 1.09 bits per heavy atom. The van der Waals surface area contributed by atoms with Crippen LogP contribution in [-0.2, 0) is 18.0 Å². The molecular formula is C28H37N7O7SSi. The monoisotopic (exact) mass is 643 g/mol. The summed E-state index contributed by atoms with van der Waals surface area (Å²) in [5.41, 5.74) is 2.02. The summed E-state index contributed by atoms with van der Waals surface area (Å²) in [6.07, 6.45) is 0.400. The Morgan fingerprint density at radius 2 is 1.80 bits per heavy atom. The van der Waals surface area contributed by atoms with Gasteiger partial charge in [0.2, 0.25) is 5.13 Å². The lowest BCUT2D eigenvalue weighted by Gasteiger charge is -2.28. The van der Waals surface area contributed by atoms with E-state index in [-0.39, 0.29) is 12.3 Å². The Labute approximate surface area is 261 Å². The fraction of sp³-hybridized carbons (Fsp3) is 0.464. The number of carbonyl (C=O) groups is 1. The highest BCUT2D eigenvalue weighted by atomic mass is 32.1. The molecular weight excluding hydrogens is 607 g/mol. The van der Waals surface area contributed by atoms with Crippen LogP contribution in [0.2, 0.25) is 6.04 Å². The summed E-state index contributed by atoms with van der Waals surface area (Å²) < 4.78 is 23.5. The number of anilines is 1. The third-order valence-electron chi connectivity index (χ3n) is 6.15. The number of nitrogens with zero attached hydrogens (tertiary/aromatic N) is 6. The average Bonchev–Trinajstić information content (AvgIpc) is 3.43. The maximum absolute atomic E-state index is 12.3. The zero-order valence-corrected chi connectivity index (χ0v) is 26.9. The molecule has 44 heavy (non-hydrogen) atoms. The summed E-state index contributed by atoms with van der Waals surface area (Å²) in [5, 5.41) is 31.7. The van der Waals surface area contributed by atoms with Gasteiger partial charge in [0.15, 0.2) is 0 Å². The van der Waals surface area contributed by atoms with Gasteiger partial charge in [-0.15, -0.1) is 10.2 Å². The van der Waals surface area contributed by atoms with Crippen molar-refractivity contribution in [3.05, 3.63) is 52.6 Å². The van der Waals surface area contributed by atoms with E-state index >= 15 is 0 Å². The van der Waals surface area contributed by atoms with E-state index in [9.17, 15) is 14.9 Å². The van der Waals surface area contributed by atoms with E-state index in [1.165, 1.54) is 23.5 Å². The molecule has 3 aromatic rings. The molecule has 1 amide bonds. The molecule has 2 aromatic carbocycles. The molecule has 0 aliphatic carbocycles. The third-order valence-corrected chi connectivity index (χ3v) is 10.2. The molecule has 1 heterocycles. The number of nitriles is 1. The molecule has 0 saturated heterocycles. The van der Waals surface area contributed by atoms with Gasteiger partial charge in [-0.3, -0.25) is 10.1 Å². The maximum atomic E-state index is 12.3. The van der Waals surface area contributed by atoms with Crippen LogP contribution in [0.15, 0.2) is 52.7 Å². The summed E-state index contributed by atoms with van der Waals surface area (Å²) >= 11 is 1.21. The van der Waals surface area contributed by atoms with Crippen LogP contribution in [0.3, 0.4) is 0 Å². The molecule has 1 N–H and O–H groups in total. The quantitative estimate of drug-likeness (QED) is 0.0499. The van der Waals surface area contributed by atoms with Crippen molar-refractivity contribution in [1.29, 1.82) is 5.26 Å². The van der Waals surface area contributed by atoms with E-state index in [0.717, 1.165) is 5.69 Å². The number of carbonyl (C=O) groups excluding carboxylic acids is 1. The van der Waals surface area contributed by atoms with Gasteiger partial charge in [-0.1, -0.05) is 11.3 Å². The fourth-order valence-electron chi connectivity index (χ4n) is 4.24. The zero-order chi connectivity index (χ0) is 31.8. The highest BCUT2D eigenvalue weighted by molar-refractivity contribution is 7.21. The lowest BCUT2D eigenvalue weighted by molar-refractivity contribution is -0.384. The second-order valence-electron chi connectivity index (χ2n) is 9.17. The highest BCUT2D eigenvalue weighted by Gasteiger charge is 2.39. The molecule has 0 atom stereocenters. The molecule has 14 nitrogen and oxygen atoms in total. The normalized spacial score (nSPS) is 11.5. The third kappa shape index (κ3) is 10.6. The van der Waals surface area contributed by atoms with Gasteiger partial charge in [0, 0.05) is 56.8 Å². The molecule has 0 fully saturated rings. The average molecular weight is 644 g/mol. The standard InChI is InChI=1S/C28H37N7O7SSi/c1-4-40-44(41-5-2,42-6-3)20-8-16-30-28(36)39-19-18-34(17-7-15-29)23-11-9-22(10-12-23)32-33-27-31-25-14-13-24(35(37)38)21-26(25)43-27/h9-14,21H,4-8,16-20H2,1-3H3,(H,30,36). The first-order valence-electron chi connectivity index (χ1n) is 14.3. The van der Waals surface area contributed by atoms with Crippen LogP contribution in [0.25, 0.3) is 10.2 Å². The molecule has 0 aliphatic heterocycles. The molecule has 16 heteroatoms. The van der Waals surface area contributed by atoms with Crippen LogP contribution < -0.4 is 10.2 Å². The summed E-state index contributed by atoms with van der Waals surface area (Å²) in [4.78, 5) is 29.1. The predicted octanol–water partition coefficient (Wildman–Crippen LogP) is 6.50. The Bertz CT molecular complexity index is 1410. The number of aromatic nitrogens is 1. The van der Waals surface area contributed by atoms with Crippen molar-refractivity contribution >= 4 is 58.6 Å². The minimum Gasteiger partial charge on any atom is -0.448 e. The lowest BCUT2D eigenvalue weighted by Crippen LogP contribution is -2.46. The largest absolute Gasteiger partial charge is 0.500 e. The van der Waals surface area contributed by atoms with Crippen molar-refractivity contribution in [2.24, 2.45) is 10.2 Å². The first-order chi connectivity index (χ1) is 21.3. The van der Waals surface area contributed by atoms with Crippen LogP contribution in [0.1, 0.15) is 33.6 Å². The number of hydrogen-bond donors (Lipinski definition) is 1. The van der Waals surface area contributed by atoms with Crippen molar-refractivity contribution in [3.8, 4) is 6.07 Å². The number of benzene rings is 2. The number of alkyl carbamates (subject to hydrolysis) is 1. The Morgan fingerprint density at radius 3 is 2.43 bits per heavy atom. The van der Waals surface area contributed by atoms with Gasteiger partial charge in [0.05, 0.1) is 39.9 Å². The van der Waals surface area contributed by atoms with Crippen LogP contribution in [0.5, 0.6) is 0 Å². The number of nitro benzene ring substituents is 1. The van der Waals surface area contributed by atoms with E-state index in [1.807, 2.05) is 37.8 Å². The Kier molecular flexibility index (Phi) is 14.1. The highest BCUT2D eigenvalue weighted by Crippen LogP contribution is 2.32. The first-order valence-corrected chi connectivity index (χ1v) is 17.1. The number of amides is 1. The van der Waals surface area contributed by atoms with Gasteiger partial charge >= 0.3 is 14.9 Å². The van der Waals surface area contributed by atoms with E-state index in [2.05, 4.69) is 26.6 Å². The van der Waals surface area contributed by atoms with Gasteiger partial charge in [-0.2, -0.15) is 5.26 Å². The number of nitrogens with one attached hydrogen (secondary N) is 1. The minimum absolute atomic E-state index is 0.00577.